The van der Waals surface area contributed by atoms with Crippen molar-refractivity contribution in [1.82, 2.24) is 4.90 Å². The van der Waals surface area contributed by atoms with Gasteiger partial charge in [0.05, 0.1) is 7.11 Å². The molecule has 0 atom stereocenters. The molecule has 1 heterocycles. The Morgan fingerprint density at radius 2 is 1.96 bits per heavy atom. The highest BCUT2D eigenvalue weighted by molar-refractivity contribution is 7.12. The Bertz CT molecular complexity index is 767. The number of carbonyl (C=O) groups is 1. The van der Waals surface area contributed by atoms with Gasteiger partial charge in [-0.2, -0.15) is 0 Å². The molecule has 1 amide bonds. The van der Waals surface area contributed by atoms with Gasteiger partial charge < -0.3 is 19.7 Å². The molecule has 0 saturated heterocycles. The summed E-state index contributed by atoms with van der Waals surface area (Å²) < 4.78 is 11.2. The summed E-state index contributed by atoms with van der Waals surface area (Å²) in [6, 6.07) is 9.43. The number of thiophene rings is 1. The Hall–Kier alpha value is -2.31. The van der Waals surface area contributed by atoms with Gasteiger partial charge in [0.15, 0.2) is 11.5 Å². The fourth-order valence-corrected chi connectivity index (χ4v) is 3.36. The topological polar surface area (TPSA) is 50.8 Å². The predicted molar refractivity (Wildman–Crippen MR) is 113 cm³/mol. The molecule has 1 aromatic carbocycles. The number of aryl methyl sites for hydroxylation is 1. The number of nitrogens with one attached hydrogen (secondary N) is 1. The summed E-state index contributed by atoms with van der Waals surface area (Å²) in [6.45, 7) is 9.69. The number of nitrogens with zero attached hydrogens (tertiary/aromatic N) is 1. The largest absolute Gasteiger partial charge is 0.493 e. The van der Waals surface area contributed by atoms with Gasteiger partial charge in [0.1, 0.15) is 6.61 Å². The SMILES string of the molecule is CCN(CC)CCOc1cc(NC(=O)/C=C/c2ccc(C)s2)ccc1OC. The molecule has 0 radical (unpaired) electrons. The summed E-state index contributed by atoms with van der Waals surface area (Å²) in [5.41, 5.74) is 0.672. The number of likely N-dealkylation sites (N-methyl/N-ethyl adjacent to an activating group) is 1. The molecule has 0 bridgehead atoms. The molecule has 27 heavy (non-hydrogen) atoms. The second-order valence-electron chi connectivity index (χ2n) is 6.01. The van der Waals surface area contributed by atoms with E-state index >= 15 is 0 Å². The highest BCUT2D eigenvalue weighted by Crippen LogP contribution is 2.30. The van der Waals surface area contributed by atoms with Crippen LogP contribution in [0, 0.1) is 6.92 Å². The number of amides is 1. The number of benzene rings is 1. The lowest BCUT2D eigenvalue weighted by Gasteiger charge is -2.19. The van der Waals surface area contributed by atoms with Gasteiger partial charge in [0.2, 0.25) is 5.91 Å². The fourth-order valence-electron chi connectivity index (χ4n) is 2.58. The highest BCUT2D eigenvalue weighted by Gasteiger charge is 2.08. The highest BCUT2D eigenvalue weighted by atomic mass is 32.1. The molecule has 5 nitrogen and oxygen atoms in total. The van der Waals surface area contributed by atoms with Crippen molar-refractivity contribution >= 4 is 29.0 Å². The molecule has 0 aliphatic heterocycles. The van der Waals surface area contributed by atoms with Crippen LogP contribution in [0.5, 0.6) is 11.5 Å². The third-order valence-corrected chi connectivity index (χ3v) is 5.12. The Balaban J connectivity index is 1.98. The van der Waals surface area contributed by atoms with E-state index in [1.807, 2.05) is 25.1 Å². The van der Waals surface area contributed by atoms with E-state index in [9.17, 15) is 4.79 Å². The van der Waals surface area contributed by atoms with E-state index in [-0.39, 0.29) is 5.91 Å². The van der Waals surface area contributed by atoms with Crippen molar-refractivity contribution in [3.05, 3.63) is 46.2 Å². The number of ether oxygens (including phenoxy) is 2. The van der Waals surface area contributed by atoms with E-state index in [1.54, 1.807) is 36.6 Å². The molecule has 1 N–H and O–H groups in total. The molecule has 0 aliphatic carbocycles. The van der Waals surface area contributed by atoms with E-state index < -0.39 is 0 Å². The van der Waals surface area contributed by atoms with Crippen molar-refractivity contribution in [2.24, 2.45) is 0 Å². The van der Waals surface area contributed by atoms with Crippen LogP contribution >= 0.6 is 11.3 Å². The van der Waals surface area contributed by atoms with Crippen molar-refractivity contribution in [1.29, 1.82) is 0 Å². The van der Waals surface area contributed by atoms with Crippen LogP contribution in [0.15, 0.2) is 36.4 Å². The minimum Gasteiger partial charge on any atom is -0.493 e. The zero-order valence-electron chi connectivity index (χ0n) is 16.5. The summed E-state index contributed by atoms with van der Waals surface area (Å²) in [6.07, 6.45) is 3.36. The van der Waals surface area contributed by atoms with E-state index in [4.69, 9.17) is 9.47 Å². The normalized spacial score (nSPS) is 11.1. The maximum Gasteiger partial charge on any atom is 0.248 e. The van der Waals surface area contributed by atoms with Crippen LogP contribution in [0.25, 0.3) is 6.08 Å². The van der Waals surface area contributed by atoms with Crippen molar-refractivity contribution in [3.63, 3.8) is 0 Å². The maximum atomic E-state index is 12.2. The molecule has 0 saturated carbocycles. The number of methoxy groups -OCH3 is 1. The van der Waals surface area contributed by atoms with Gasteiger partial charge in [-0.15, -0.1) is 11.3 Å². The fraction of sp³-hybridized carbons (Fsp3) is 0.381. The van der Waals surface area contributed by atoms with Crippen molar-refractivity contribution < 1.29 is 14.3 Å². The van der Waals surface area contributed by atoms with Gasteiger partial charge >= 0.3 is 0 Å². The second kappa shape index (κ2) is 10.7. The van der Waals surface area contributed by atoms with Gasteiger partial charge in [0.25, 0.3) is 0 Å². The third kappa shape index (κ3) is 6.73. The molecule has 1 aromatic heterocycles. The molecule has 146 valence electrons. The average Bonchev–Trinajstić information content (AvgIpc) is 3.09. The summed E-state index contributed by atoms with van der Waals surface area (Å²) in [7, 11) is 1.61. The Morgan fingerprint density at radius 1 is 1.19 bits per heavy atom. The zero-order valence-corrected chi connectivity index (χ0v) is 17.3. The summed E-state index contributed by atoms with van der Waals surface area (Å²) >= 11 is 1.65. The van der Waals surface area contributed by atoms with E-state index in [1.165, 1.54) is 11.0 Å². The Kier molecular flexibility index (Phi) is 8.36. The van der Waals surface area contributed by atoms with E-state index in [2.05, 4.69) is 24.1 Å². The lowest BCUT2D eigenvalue weighted by atomic mass is 10.2. The molecular weight excluding hydrogens is 360 g/mol. The quantitative estimate of drug-likeness (QED) is 0.612. The monoisotopic (exact) mass is 388 g/mol. The Morgan fingerprint density at radius 3 is 2.59 bits per heavy atom. The van der Waals surface area contributed by atoms with Gasteiger partial charge in [-0.3, -0.25) is 4.79 Å². The smallest absolute Gasteiger partial charge is 0.248 e. The first-order valence-corrected chi connectivity index (χ1v) is 9.96. The first-order chi connectivity index (χ1) is 13.0. The second-order valence-corrected chi connectivity index (χ2v) is 7.33. The Labute approximate surface area is 165 Å². The third-order valence-electron chi connectivity index (χ3n) is 4.15. The summed E-state index contributed by atoms with van der Waals surface area (Å²) in [5, 5.41) is 2.87. The number of anilines is 1. The average molecular weight is 389 g/mol. The number of rotatable bonds is 10. The predicted octanol–water partition coefficient (Wildman–Crippen LogP) is 4.44. The van der Waals surface area contributed by atoms with Crippen LogP contribution < -0.4 is 14.8 Å². The number of hydrogen-bond donors (Lipinski definition) is 1. The number of hydrogen-bond acceptors (Lipinski definition) is 5. The van der Waals surface area contributed by atoms with Crippen LogP contribution in [0.2, 0.25) is 0 Å². The standard InChI is InChI=1S/C21H28N2O3S/c1-5-23(6-2)13-14-26-20-15-17(8-11-19(20)25-4)22-21(24)12-10-18-9-7-16(3)27-18/h7-12,15H,5-6,13-14H2,1-4H3,(H,22,24)/b12-10+. The molecule has 0 spiro atoms. The van der Waals surface area contributed by atoms with Gasteiger partial charge in [0, 0.05) is 34.1 Å². The van der Waals surface area contributed by atoms with E-state index in [0.717, 1.165) is 24.5 Å². The van der Waals surface area contributed by atoms with E-state index in [0.29, 0.717) is 23.8 Å². The van der Waals surface area contributed by atoms with Gasteiger partial charge in [-0.25, -0.2) is 0 Å². The molecule has 2 aromatic rings. The van der Waals surface area contributed by atoms with Crippen LogP contribution in [-0.4, -0.2) is 44.2 Å². The lowest BCUT2D eigenvalue weighted by Crippen LogP contribution is -2.28. The first kappa shape index (κ1) is 21.0. The van der Waals surface area contributed by atoms with Gasteiger partial charge in [-0.1, -0.05) is 13.8 Å². The van der Waals surface area contributed by atoms with Crippen molar-refractivity contribution in [3.8, 4) is 11.5 Å². The molecule has 0 aliphatic rings. The lowest BCUT2D eigenvalue weighted by molar-refractivity contribution is -0.111. The minimum absolute atomic E-state index is 0.180. The van der Waals surface area contributed by atoms with Crippen molar-refractivity contribution in [2.75, 3.05) is 38.7 Å². The molecule has 2 rings (SSSR count). The zero-order chi connectivity index (χ0) is 19.6. The van der Waals surface area contributed by atoms with Crippen LogP contribution in [-0.2, 0) is 4.79 Å². The van der Waals surface area contributed by atoms with Crippen LogP contribution in [0.4, 0.5) is 5.69 Å². The summed E-state index contributed by atoms with van der Waals surface area (Å²) in [5.74, 6) is 1.10. The van der Waals surface area contributed by atoms with Crippen LogP contribution in [0.3, 0.4) is 0 Å². The molecular formula is C21H28N2O3S. The molecule has 6 heteroatoms. The van der Waals surface area contributed by atoms with Gasteiger partial charge in [-0.05, 0) is 50.4 Å². The molecule has 0 fully saturated rings. The first-order valence-electron chi connectivity index (χ1n) is 9.14. The minimum atomic E-state index is -0.180. The van der Waals surface area contributed by atoms with Crippen LogP contribution in [0.1, 0.15) is 23.6 Å². The van der Waals surface area contributed by atoms with Crippen molar-refractivity contribution in [2.45, 2.75) is 20.8 Å². The maximum absolute atomic E-state index is 12.2. The molecule has 0 unspecified atom stereocenters. The summed E-state index contributed by atoms with van der Waals surface area (Å²) in [4.78, 5) is 16.7. The number of carbonyl (C=O) groups excluding carboxylic acids is 1.